The standard InChI is InChI=1S/C7H11N3O3S/c8-14(11,12)7-3-9-10(4-7)6-1-2-13-5-6/h3-4,6H,1-2,5H2,(H2,8,11,12). The zero-order valence-electron chi connectivity index (χ0n) is 7.46. The van der Waals surface area contributed by atoms with Gasteiger partial charge in [-0.1, -0.05) is 0 Å². The minimum atomic E-state index is -3.64. The molecule has 0 amide bonds. The van der Waals surface area contributed by atoms with Gasteiger partial charge in [0.2, 0.25) is 10.0 Å². The third-order valence-electron chi connectivity index (χ3n) is 2.19. The van der Waals surface area contributed by atoms with E-state index in [9.17, 15) is 8.42 Å². The van der Waals surface area contributed by atoms with Gasteiger partial charge in [0.05, 0.1) is 18.8 Å². The molecule has 0 aromatic carbocycles. The van der Waals surface area contributed by atoms with Crippen molar-refractivity contribution in [2.75, 3.05) is 13.2 Å². The van der Waals surface area contributed by atoms with Crippen LogP contribution in [0.4, 0.5) is 0 Å². The van der Waals surface area contributed by atoms with Gasteiger partial charge in [0.15, 0.2) is 0 Å². The molecule has 0 aliphatic carbocycles. The van der Waals surface area contributed by atoms with E-state index in [-0.39, 0.29) is 10.9 Å². The Morgan fingerprint density at radius 1 is 1.64 bits per heavy atom. The largest absolute Gasteiger partial charge is 0.379 e. The Hall–Kier alpha value is -0.920. The fourth-order valence-electron chi connectivity index (χ4n) is 1.40. The van der Waals surface area contributed by atoms with E-state index >= 15 is 0 Å². The summed E-state index contributed by atoms with van der Waals surface area (Å²) in [7, 11) is -3.64. The molecular weight excluding hydrogens is 206 g/mol. The number of hydrogen-bond acceptors (Lipinski definition) is 4. The first-order valence-corrected chi connectivity index (χ1v) is 5.77. The van der Waals surface area contributed by atoms with Gasteiger partial charge in [0, 0.05) is 12.8 Å². The van der Waals surface area contributed by atoms with Crippen LogP contribution in [0, 0.1) is 0 Å². The van der Waals surface area contributed by atoms with E-state index in [1.807, 2.05) is 0 Å². The van der Waals surface area contributed by atoms with Crippen LogP contribution in [0.15, 0.2) is 17.3 Å². The summed E-state index contributed by atoms with van der Waals surface area (Å²) in [4.78, 5) is 0.0457. The molecule has 0 bridgehead atoms. The summed E-state index contributed by atoms with van der Waals surface area (Å²) >= 11 is 0. The minimum Gasteiger partial charge on any atom is -0.379 e. The zero-order chi connectivity index (χ0) is 10.2. The van der Waals surface area contributed by atoms with Crippen LogP contribution in [0.25, 0.3) is 0 Å². The minimum absolute atomic E-state index is 0.0457. The molecule has 1 fully saturated rings. The molecule has 0 saturated carbocycles. The van der Waals surface area contributed by atoms with Crippen molar-refractivity contribution in [3.8, 4) is 0 Å². The first-order chi connectivity index (χ1) is 6.57. The second-order valence-corrected chi connectivity index (χ2v) is 4.78. The van der Waals surface area contributed by atoms with Gasteiger partial charge < -0.3 is 4.74 Å². The van der Waals surface area contributed by atoms with Gasteiger partial charge >= 0.3 is 0 Å². The summed E-state index contributed by atoms with van der Waals surface area (Å²) in [6.45, 7) is 1.26. The molecule has 1 aliphatic rings. The Bertz CT molecular complexity index is 419. The molecule has 14 heavy (non-hydrogen) atoms. The first-order valence-electron chi connectivity index (χ1n) is 4.22. The van der Waals surface area contributed by atoms with Gasteiger partial charge in [0.25, 0.3) is 0 Å². The summed E-state index contributed by atoms with van der Waals surface area (Å²) in [6, 6.07) is 0.130. The predicted octanol–water partition coefficient (Wildman–Crippen LogP) is -0.508. The monoisotopic (exact) mass is 217 g/mol. The van der Waals surface area contributed by atoms with E-state index in [4.69, 9.17) is 9.88 Å². The van der Waals surface area contributed by atoms with Crippen LogP contribution in [0.3, 0.4) is 0 Å². The molecule has 2 rings (SSSR count). The molecular formula is C7H11N3O3S. The normalized spacial score (nSPS) is 22.8. The summed E-state index contributed by atoms with van der Waals surface area (Å²) in [5, 5.41) is 8.90. The fraction of sp³-hybridized carbons (Fsp3) is 0.571. The van der Waals surface area contributed by atoms with Crippen LogP contribution in [0.2, 0.25) is 0 Å². The molecule has 78 valence electrons. The molecule has 1 unspecified atom stereocenters. The molecule has 1 aromatic heterocycles. The molecule has 1 aromatic rings. The molecule has 7 heteroatoms. The van der Waals surface area contributed by atoms with Gasteiger partial charge in [0.1, 0.15) is 4.90 Å². The Balaban J connectivity index is 2.25. The average Bonchev–Trinajstić information content (AvgIpc) is 2.73. The molecule has 0 radical (unpaired) electrons. The smallest absolute Gasteiger partial charge is 0.241 e. The van der Waals surface area contributed by atoms with Crippen LogP contribution in [-0.2, 0) is 14.8 Å². The number of ether oxygens (including phenoxy) is 1. The molecule has 6 nitrogen and oxygen atoms in total. The Morgan fingerprint density at radius 2 is 2.43 bits per heavy atom. The van der Waals surface area contributed by atoms with Crippen molar-refractivity contribution in [1.82, 2.24) is 9.78 Å². The topological polar surface area (TPSA) is 87.2 Å². The van der Waals surface area contributed by atoms with E-state index in [0.29, 0.717) is 13.2 Å². The van der Waals surface area contributed by atoms with Crippen molar-refractivity contribution < 1.29 is 13.2 Å². The van der Waals surface area contributed by atoms with Crippen molar-refractivity contribution in [2.45, 2.75) is 17.4 Å². The van der Waals surface area contributed by atoms with Crippen LogP contribution in [0.5, 0.6) is 0 Å². The number of primary sulfonamides is 1. The van der Waals surface area contributed by atoms with Crippen molar-refractivity contribution in [2.24, 2.45) is 5.14 Å². The van der Waals surface area contributed by atoms with E-state index < -0.39 is 10.0 Å². The fourth-order valence-corrected chi connectivity index (χ4v) is 1.85. The van der Waals surface area contributed by atoms with Crippen molar-refractivity contribution in [3.05, 3.63) is 12.4 Å². The molecule has 2 N–H and O–H groups in total. The number of nitrogens with two attached hydrogens (primary N) is 1. The van der Waals surface area contributed by atoms with E-state index in [2.05, 4.69) is 5.10 Å². The molecule has 1 saturated heterocycles. The highest BCUT2D eigenvalue weighted by atomic mass is 32.2. The van der Waals surface area contributed by atoms with Gasteiger partial charge in [-0.3, -0.25) is 4.68 Å². The van der Waals surface area contributed by atoms with Crippen molar-refractivity contribution >= 4 is 10.0 Å². The summed E-state index contributed by atoms with van der Waals surface area (Å²) in [5.41, 5.74) is 0. The van der Waals surface area contributed by atoms with Crippen LogP contribution < -0.4 is 5.14 Å². The lowest BCUT2D eigenvalue weighted by molar-refractivity contribution is 0.184. The number of rotatable bonds is 2. The van der Waals surface area contributed by atoms with E-state index in [1.165, 1.54) is 12.4 Å². The van der Waals surface area contributed by atoms with E-state index in [1.54, 1.807) is 4.68 Å². The summed E-state index contributed by atoms with van der Waals surface area (Å²) in [6.07, 6.45) is 3.55. The van der Waals surface area contributed by atoms with E-state index in [0.717, 1.165) is 6.42 Å². The molecule has 0 spiro atoms. The highest BCUT2D eigenvalue weighted by molar-refractivity contribution is 7.89. The Kier molecular flexibility index (Phi) is 2.30. The highest BCUT2D eigenvalue weighted by Gasteiger charge is 2.20. The van der Waals surface area contributed by atoms with Crippen LogP contribution in [0.1, 0.15) is 12.5 Å². The van der Waals surface area contributed by atoms with Crippen LogP contribution in [-0.4, -0.2) is 31.4 Å². The third-order valence-corrected chi connectivity index (χ3v) is 3.05. The maximum atomic E-state index is 11.0. The Labute approximate surface area is 81.7 Å². The lowest BCUT2D eigenvalue weighted by Crippen LogP contribution is -2.12. The zero-order valence-corrected chi connectivity index (χ0v) is 8.27. The Morgan fingerprint density at radius 3 is 2.93 bits per heavy atom. The lowest BCUT2D eigenvalue weighted by Gasteiger charge is -2.06. The molecule has 1 atom stereocenters. The third kappa shape index (κ3) is 1.79. The average molecular weight is 217 g/mol. The van der Waals surface area contributed by atoms with Gasteiger partial charge in [-0.25, -0.2) is 13.6 Å². The first kappa shape index (κ1) is 9.63. The SMILES string of the molecule is NS(=O)(=O)c1cnn(C2CCOC2)c1. The number of sulfonamides is 1. The summed E-state index contributed by atoms with van der Waals surface area (Å²) in [5.74, 6) is 0. The second-order valence-electron chi connectivity index (χ2n) is 3.22. The molecule has 2 heterocycles. The molecule has 1 aliphatic heterocycles. The summed E-state index contributed by atoms with van der Waals surface area (Å²) < 4.78 is 28.7. The number of hydrogen-bond donors (Lipinski definition) is 1. The predicted molar refractivity (Wildman–Crippen MR) is 48.1 cm³/mol. The lowest BCUT2D eigenvalue weighted by atomic mass is 10.3. The number of nitrogens with zero attached hydrogens (tertiary/aromatic N) is 2. The highest BCUT2D eigenvalue weighted by Crippen LogP contribution is 2.18. The number of aromatic nitrogens is 2. The van der Waals surface area contributed by atoms with Crippen molar-refractivity contribution in [1.29, 1.82) is 0 Å². The maximum Gasteiger partial charge on any atom is 0.241 e. The van der Waals surface area contributed by atoms with Gasteiger partial charge in [-0.15, -0.1) is 0 Å². The van der Waals surface area contributed by atoms with Gasteiger partial charge in [-0.05, 0) is 6.42 Å². The van der Waals surface area contributed by atoms with Crippen LogP contribution >= 0.6 is 0 Å². The van der Waals surface area contributed by atoms with Gasteiger partial charge in [-0.2, -0.15) is 5.10 Å². The maximum absolute atomic E-state index is 11.0. The van der Waals surface area contributed by atoms with Crippen molar-refractivity contribution in [3.63, 3.8) is 0 Å². The second kappa shape index (κ2) is 3.34. The quantitative estimate of drug-likeness (QED) is 0.722.